The molecule has 0 fully saturated rings. The van der Waals surface area contributed by atoms with Gasteiger partial charge in [-0.25, -0.2) is 0 Å². The molecule has 4 N–H and O–H groups in total. The fraction of sp³-hybridized carbons (Fsp3) is 0.562. The van der Waals surface area contributed by atoms with Gasteiger partial charge in [0.2, 0.25) is 6.29 Å². The number of unbranched alkanes of at least 4 members (excludes halogenated alkanes) is 2. The highest BCUT2D eigenvalue weighted by molar-refractivity contribution is 5.76. The van der Waals surface area contributed by atoms with Crippen LogP contribution in [-0.4, -0.2) is 41.5 Å². The molecule has 8 heteroatoms. The van der Waals surface area contributed by atoms with Crippen LogP contribution in [0.4, 0.5) is 0 Å². The summed E-state index contributed by atoms with van der Waals surface area (Å²) in [6.45, 7) is 13.1. The number of nitrogens with two attached hydrogens (primary N) is 2. The first-order chi connectivity index (χ1) is 18.6. The monoisotopic (exact) mass is 556 g/mol. The van der Waals surface area contributed by atoms with E-state index in [1.54, 1.807) is 0 Å². The van der Waals surface area contributed by atoms with E-state index >= 15 is 0 Å². The van der Waals surface area contributed by atoms with Crippen LogP contribution in [0.2, 0.25) is 0 Å². The fourth-order valence-corrected chi connectivity index (χ4v) is 3.84. The maximum Gasteiger partial charge on any atom is 0.323 e. The van der Waals surface area contributed by atoms with Gasteiger partial charge < -0.3 is 30.4 Å². The molecule has 0 radical (unpaired) electrons. The zero-order valence-electron chi connectivity index (χ0n) is 25.2. The normalized spacial score (nSPS) is 14.1. The molecule has 0 aliphatic heterocycles. The predicted molar refractivity (Wildman–Crippen MR) is 157 cm³/mol. The molecule has 0 saturated carbocycles. The van der Waals surface area contributed by atoms with E-state index in [1.807, 2.05) is 90.1 Å². The molecule has 40 heavy (non-hydrogen) atoms. The molecule has 0 aliphatic carbocycles. The number of carbonyl (C=O) groups is 2. The van der Waals surface area contributed by atoms with E-state index in [0.29, 0.717) is 24.3 Å². The summed E-state index contributed by atoms with van der Waals surface area (Å²) < 4.78 is 23.1. The summed E-state index contributed by atoms with van der Waals surface area (Å²) in [5.74, 6) is 0.484. The maximum absolute atomic E-state index is 12.2. The molecule has 0 amide bonds. The van der Waals surface area contributed by atoms with Crippen molar-refractivity contribution in [3.8, 4) is 11.5 Å². The minimum atomic E-state index is -0.738. The van der Waals surface area contributed by atoms with E-state index < -0.39 is 41.5 Å². The Kier molecular flexibility index (Phi) is 12.5. The van der Waals surface area contributed by atoms with E-state index in [2.05, 4.69) is 6.92 Å². The van der Waals surface area contributed by atoms with Crippen LogP contribution in [0.3, 0.4) is 0 Å². The molecule has 0 spiro atoms. The number of hydrogen-bond donors (Lipinski definition) is 2. The first-order valence-corrected chi connectivity index (χ1v) is 14.1. The topological polar surface area (TPSA) is 123 Å². The first-order valence-electron chi connectivity index (χ1n) is 14.1. The molecular formula is C32H48N2O6. The van der Waals surface area contributed by atoms with Crippen molar-refractivity contribution in [2.24, 2.45) is 11.5 Å². The average Bonchev–Trinajstić information content (AvgIpc) is 2.84. The van der Waals surface area contributed by atoms with Crippen molar-refractivity contribution in [3.05, 3.63) is 59.7 Å². The molecule has 0 aliphatic rings. The standard InChI is InChI=1S/C32H48N2O6/c1-8-9-10-11-28(37-24-16-12-22(13-17-24)20-26(33)29(35)39-31(2,3)4)38-25-18-14-23(15-19-25)21-27(34)30(36)40-32(5,6)7/h12-19,26-28H,8-11,20-21,33-34H2,1-7H3. The third kappa shape index (κ3) is 12.8. The summed E-state index contributed by atoms with van der Waals surface area (Å²) in [4.78, 5) is 24.4. The van der Waals surface area contributed by atoms with Crippen LogP contribution >= 0.6 is 0 Å². The molecule has 0 bridgehead atoms. The van der Waals surface area contributed by atoms with E-state index in [1.165, 1.54) is 0 Å². The summed E-state index contributed by atoms with van der Waals surface area (Å²) >= 11 is 0. The fourth-order valence-electron chi connectivity index (χ4n) is 3.84. The van der Waals surface area contributed by atoms with Gasteiger partial charge in [-0.2, -0.15) is 0 Å². The molecule has 2 rings (SSSR count). The minimum Gasteiger partial charge on any atom is -0.459 e. The number of benzene rings is 2. The molecule has 2 aromatic rings. The Morgan fingerprint density at radius 3 is 1.38 bits per heavy atom. The van der Waals surface area contributed by atoms with Gasteiger partial charge >= 0.3 is 11.9 Å². The molecule has 0 heterocycles. The van der Waals surface area contributed by atoms with Crippen molar-refractivity contribution in [3.63, 3.8) is 0 Å². The van der Waals surface area contributed by atoms with Crippen LogP contribution in [0.5, 0.6) is 11.5 Å². The van der Waals surface area contributed by atoms with Crippen LogP contribution < -0.4 is 20.9 Å². The Morgan fingerprint density at radius 2 is 1.05 bits per heavy atom. The zero-order valence-corrected chi connectivity index (χ0v) is 25.2. The van der Waals surface area contributed by atoms with Crippen LogP contribution in [0.1, 0.15) is 85.3 Å². The molecular weight excluding hydrogens is 508 g/mol. The van der Waals surface area contributed by atoms with Gasteiger partial charge in [-0.15, -0.1) is 0 Å². The van der Waals surface area contributed by atoms with Crippen molar-refractivity contribution < 1.29 is 28.5 Å². The Bertz CT molecular complexity index is 973. The van der Waals surface area contributed by atoms with Crippen molar-refractivity contribution in [1.29, 1.82) is 0 Å². The molecule has 222 valence electrons. The second-order valence-electron chi connectivity index (χ2n) is 12.1. The largest absolute Gasteiger partial charge is 0.459 e. The van der Waals surface area contributed by atoms with Crippen molar-refractivity contribution in [1.82, 2.24) is 0 Å². The highest BCUT2D eigenvalue weighted by atomic mass is 16.7. The van der Waals surface area contributed by atoms with Gasteiger partial charge in [-0.05, 0) is 96.2 Å². The van der Waals surface area contributed by atoms with Gasteiger partial charge in [0.25, 0.3) is 0 Å². The Hall–Kier alpha value is -3.10. The highest BCUT2D eigenvalue weighted by Gasteiger charge is 2.23. The van der Waals surface area contributed by atoms with Crippen LogP contribution in [0, 0.1) is 0 Å². The summed E-state index contributed by atoms with van der Waals surface area (Å²) in [5, 5.41) is 0. The quantitative estimate of drug-likeness (QED) is 0.178. The van der Waals surface area contributed by atoms with E-state index in [0.717, 1.165) is 36.8 Å². The van der Waals surface area contributed by atoms with Crippen molar-refractivity contribution in [2.75, 3.05) is 0 Å². The summed E-state index contributed by atoms with van der Waals surface area (Å²) in [6, 6.07) is 13.5. The van der Waals surface area contributed by atoms with Crippen molar-refractivity contribution in [2.45, 2.75) is 117 Å². The van der Waals surface area contributed by atoms with Gasteiger partial charge in [-0.1, -0.05) is 44.0 Å². The van der Waals surface area contributed by atoms with E-state index in [4.69, 9.17) is 30.4 Å². The van der Waals surface area contributed by atoms with Crippen molar-refractivity contribution >= 4 is 11.9 Å². The lowest BCUT2D eigenvalue weighted by Gasteiger charge is -2.23. The van der Waals surface area contributed by atoms with E-state index in [9.17, 15) is 9.59 Å². The zero-order chi connectivity index (χ0) is 29.9. The lowest BCUT2D eigenvalue weighted by Crippen LogP contribution is -2.38. The third-order valence-electron chi connectivity index (χ3n) is 5.76. The smallest absolute Gasteiger partial charge is 0.323 e. The summed E-state index contributed by atoms with van der Waals surface area (Å²) in [5.41, 5.74) is 12.8. The Morgan fingerprint density at radius 1 is 0.675 bits per heavy atom. The van der Waals surface area contributed by atoms with Crippen LogP contribution in [-0.2, 0) is 31.9 Å². The first kappa shape index (κ1) is 33.1. The van der Waals surface area contributed by atoms with Crippen LogP contribution in [0.15, 0.2) is 48.5 Å². The van der Waals surface area contributed by atoms with Gasteiger partial charge in [0.05, 0.1) is 0 Å². The molecule has 2 aromatic carbocycles. The SMILES string of the molecule is CCCCCC(Oc1ccc(CC(N)C(=O)OC(C)(C)C)cc1)Oc1ccc(CC(N)C(=O)OC(C)(C)C)cc1. The van der Waals surface area contributed by atoms with Gasteiger partial charge in [0.15, 0.2) is 0 Å². The summed E-state index contributed by atoms with van der Waals surface area (Å²) in [7, 11) is 0. The Labute approximate surface area is 239 Å². The van der Waals surface area contributed by atoms with Crippen LogP contribution in [0.25, 0.3) is 0 Å². The number of carbonyl (C=O) groups excluding carboxylic acids is 2. The molecule has 2 unspecified atom stereocenters. The Balaban J connectivity index is 1.99. The summed E-state index contributed by atoms with van der Waals surface area (Å²) in [6.07, 6.45) is 4.12. The minimum absolute atomic E-state index is 0.371. The number of hydrogen-bond acceptors (Lipinski definition) is 8. The van der Waals surface area contributed by atoms with Gasteiger partial charge in [-0.3, -0.25) is 9.59 Å². The third-order valence-corrected chi connectivity index (χ3v) is 5.76. The lowest BCUT2D eigenvalue weighted by molar-refractivity contribution is -0.157. The highest BCUT2D eigenvalue weighted by Crippen LogP contribution is 2.22. The number of rotatable bonds is 14. The van der Waals surface area contributed by atoms with E-state index in [-0.39, 0.29) is 0 Å². The van der Waals surface area contributed by atoms with Gasteiger partial charge in [0, 0.05) is 6.42 Å². The molecule has 8 nitrogen and oxygen atoms in total. The second-order valence-corrected chi connectivity index (χ2v) is 12.1. The predicted octanol–water partition coefficient (Wildman–Crippen LogP) is 5.47. The number of ether oxygens (including phenoxy) is 4. The molecule has 2 atom stereocenters. The molecule has 0 saturated heterocycles. The second kappa shape index (κ2) is 15.1. The van der Waals surface area contributed by atoms with Gasteiger partial charge in [0.1, 0.15) is 34.8 Å². The molecule has 0 aromatic heterocycles. The maximum atomic E-state index is 12.2. The average molecular weight is 557 g/mol. The number of esters is 2. The lowest BCUT2D eigenvalue weighted by atomic mass is 10.1.